The van der Waals surface area contributed by atoms with Crippen LogP contribution in [0.4, 0.5) is 0 Å². The normalized spacial score (nSPS) is 20.3. The van der Waals surface area contributed by atoms with E-state index in [4.69, 9.17) is 4.74 Å². The van der Waals surface area contributed by atoms with Gasteiger partial charge in [0.15, 0.2) is 0 Å². The first-order chi connectivity index (χ1) is 7.04. The molecule has 0 saturated carbocycles. The maximum Gasteiger partial charge on any atom is 0.211 e. The smallest absolute Gasteiger partial charge is 0.211 e. The first-order valence-electron chi connectivity index (χ1n) is 5.18. The molecule has 0 amide bonds. The second-order valence-electron chi connectivity index (χ2n) is 3.93. The summed E-state index contributed by atoms with van der Waals surface area (Å²) in [6, 6.07) is 0. The van der Waals surface area contributed by atoms with Gasteiger partial charge in [-0.15, -0.1) is 6.58 Å². The zero-order valence-electron chi connectivity index (χ0n) is 9.18. The van der Waals surface area contributed by atoms with Gasteiger partial charge in [0, 0.05) is 19.7 Å². The topological polar surface area (TPSA) is 46.6 Å². The van der Waals surface area contributed by atoms with Gasteiger partial charge in [0.25, 0.3) is 0 Å². The van der Waals surface area contributed by atoms with E-state index < -0.39 is 10.0 Å². The van der Waals surface area contributed by atoms with E-state index in [2.05, 4.69) is 6.58 Å². The van der Waals surface area contributed by atoms with Crippen LogP contribution in [0.5, 0.6) is 0 Å². The highest BCUT2D eigenvalue weighted by Gasteiger charge is 2.24. The molecule has 0 N–H and O–H groups in total. The molecule has 1 rings (SSSR count). The average Bonchev–Trinajstić information content (AvgIpc) is 2.18. The van der Waals surface area contributed by atoms with Gasteiger partial charge in [0.1, 0.15) is 0 Å². The molecule has 0 aliphatic carbocycles. The molecule has 1 fully saturated rings. The average molecular weight is 233 g/mol. The highest BCUT2D eigenvalue weighted by atomic mass is 32.2. The molecule has 0 aromatic carbocycles. The fourth-order valence-electron chi connectivity index (χ4n) is 1.73. The Morgan fingerprint density at radius 1 is 1.47 bits per heavy atom. The zero-order valence-corrected chi connectivity index (χ0v) is 10.0. The lowest BCUT2D eigenvalue weighted by Gasteiger charge is -2.29. The molecule has 0 unspecified atom stereocenters. The number of hydrogen-bond acceptors (Lipinski definition) is 3. The van der Waals surface area contributed by atoms with Gasteiger partial charge in [-0.05, 0) is 18.8 Å². The molecule has 0 radical (unpaired) electrons. The number of sulfonamides is 1. The molecule has 1 saturated heterocycles. The molecule has 0 aromatic rings. The Kier molecular flexibility index (Phi) is 4.76. The van der Waals surface area contributed by atoms with Crippen LogP contribution in [0.25, 0.3) is 0 Å². The van der Waals surface area contributed by atoms with Crippen LogP contribution in [0.1, 0.15) is 12.8 Å². The maximum absolute atomic E-state index is 11.2. The van der Waals surface area contributed by atoms with Crippen molar-refractivity contribution >= 4 is 10.0 Å². The third-order valence-corrected chi connectivity index (χ3v) is 3.93. The van der Waals surface area contributed by atoms with Crippen LogP contribution in [-0.4, -0.2) is 45.3 Å². The molecule has 88 valence electrons. The molecule has 0 spiro atoms. The zero-order chi connectivity index (χ0) is 11.3. The summed E-state index contributed by atoms with van der Waals surface area (Å²) in [5, 5.41) is 0. The summed E-state index contributed by atoms with van der Waals surface area (Å²) in [6.45, 7) is 6.11. The van der Waals surface area contributed by atoms with Crippen molar-refractivity contribution in [3.63, 3.8) is 0 Å². The third-order valence-electron chi connectivity index (χ3n) is 2.63. The van der Waals surface area contributed by atoms with Crippen molar-refractivity contribution in [1.29, 1.82) is 0 Å². The number of hydrogen-bond donors (Lipinski definition) is 0. The van der Waals surface area contributed by atoms with Gasteiger partial charge in [0.05, 0.1) is 12.9 Å². The van der Waals surface area contributed by atoms with Crippen molar-refractivity contribution in [2.24, 2.45) is 5.92 Å². The van der Waals surface area contributed by atoms with Crippen LogP contribution in [-0.2, 0) is 14.8 Å². The molecule has 0 atom stereocenters. The third kappa shape index (κ3) is 4.32. The highest BCUT2D eigenvalue weighted by Crippen LogP contribution is 2.19. The predicted octanol–water partition coefficient (Wildman–Crippen LogP) is 0.861. The molecule has 0 aromatic heterocycles. The van der Waals surface area contributed by atoms with Crippen molar-refractivity contribution in [1.82, 2.24) is 4.31 Å². The Morgan fingerprint density at radius 2 is 2.07 bits per heavy atom. The SMILES string of the molecule is C=CCOCC1CCN(S(C)(=O)=O)CC1. The van der Waals surface area contributed by atoms with Gasteiger partial charge >= 0.3 is 0 Å². The minimum atomic E-state index is -3.00. The summed E-state index contributed by atoms with van der Waals surface area (Å²) in [5.74, 6) is 0.489. The van der Waals surface area contributed by atoms with Crippen LogP contribution in [0, 0.1) is 5.92 Å². The van der Waals surface area contributed by atoms with E-state index >= 15 is 0 Å². The Bertz CT molecular complexity index is 292. The molecule has 15 heavy (non-hydrogen) atoms. The van der Waals surface area contributed by atoms with Gasteiger partial charge in [-0.2, -0.15) is 0 Å². The molecule has 1 aliphatic rings. The molecule has 1 heterocycles. The Hall–Kier alpha value is -0.390. The fraction of sp³-hybridized carbons (Fsp3) is 0.800. The number of nitrogens with zero attached hydrogens (tertiary/aromatic N) is 1. The molecular formula is C10H19NO3S. The number of rotatable bonds is 5. The first kappa shape index (κ1) is 12.7. The van der Waals surface area contributed by atoms with E-state index in [9.17, 15) is 8.42 Å². The monoisotopic (exact) mass is 233 g/mol. The molecule has 0 bridgehead atoms. The second kappa shape index (κ2) is 5.63. The van der Waals surface area contributed by atoms with Gasteiger partial charge < -0.3 is 4.74 Å². The molecular weight excluding hydrogens is 214 g/mol. The van der Waals surface area contributed by atoms with Gasteiger partial charge in [-0.3, -0.25) is 0 Å². The second-order valence-corrected chi connectivity index (χ2v) is 5.91. The summed E-state index contributed by atoms with van der Waals surface area (Å²) in [6.07, 6.45) is 4.78. The Balaban J connectivity index is 2.27. The van der Waals surface area contributed by atoms with Crippen LogP contribution in [0.15, 0.2) is 12.7 Å². The van der Waals surface area contributed by atoms with Crippen molar-refractivity contribution in [3.8, 4) is 0 Å². The van der Waals surface area contributed by atoms with Crippen LogP contribution in [0.3, 0.4) is 0 Å². The minimum Gasteiger partial charge on any atom is -0.377 e. The summed E-state index contributed by atoms with van der Waals surface area (Å²) in [4.78, 5) is 0. The summed E-state index contributed by atoms with van der Waals surface area (Å²) in [5.41, 5.74) is 0. The van der Waals surface area contributed by atoms with E-state index in [1.165, 1.54) is 10.6 Å². The lowest BCUT2D eigenvalue weighted by Crippen LogP contribution is -2.38. The van der Waals surface area contributed by atoms with E-state index in [1.807, 2.05) is 0 Å². The molecule has 1 aliphatic heterocycles. The predicted molar refractivity (Wildman–Crippen MR) is 60.2 cm³/mol. The largest absolute Gasteiger partial charge is 0.377 e. The standard InChI is InChI=1S/C10H19NO3S/c1-3-8-14-9-10-4-6-11(7-5-10)15(2,12)13/h3,10H,1,4-9H2,2H3. The van der Waals surface area contributed by atoms with Gasteiger partial charge in [-0.25, -0.2) is 12.7 Å². The summed E-state index contributed by atoms with van der Waals surface area (Å²) >= 11 is 0. The summed E-state index contributed by atoms with van der Waals surface area (Å²) < 4.78 is 29.4. The van der Waals surface area contributed by atoms with Crippen molar-refractivity contribution < 1.29 is 13.2 Å². The Morgan fingerprint density at radius 3 is 2.53 bits per heavy atom. The van der Waals surface area contributed by atoms with E-state index in [-0.39, 0.29) is 0 Å². The van der Waals surface area contributed by atoms with Crippen molar-refractivity contribution in [2.75, 3.05) is 32.6 Å². The van der Waals surface area contributed by atoms with E-state index in [1.54, 1.807) is 6.08 Å². The van der Waals surface area contributed by atoms with E-state index in [0.29, 0.717) is 32.2 Å². The lowest BCUT2D eigenvalue weighted by atomic mass is 9.99. The number of ether oxygens (including phenoxy) is 1. The number of piperidine rings is 1. The van der Waals surface area contributed by atoms with E-state index in [0.717, 1.165) is 12.8 Å². The van der Waals surface area contributed by atoms with Gasteiger partial charge in [-0.1, -0.05) is 6.08 Å². The van der Waals surface area contributed by atoms with Crippen LogP contribution in [0.2, 0.25) is 0 Å². The Labute approximate surface area is 92.0 Å². The van der Waals surface area contributed by atoms with Gasteiger partial charge in [0.2, 0.25) is 10.0 Å². The quantitative estimate of drug-likeness (QED) is 0.522. The summed E-state index contributed by atoms with van der Waals surface area (Å²) in [7, 11) is -3.00. The van der Waals surface area contributed by atoms with Crippen LogP contribution < -0.4 is 0 Å². The van der Waals surface area contributed by atoms with Crippen LogP contribution >= 0.6 is 0 Å². The lowest BCUT2D eigenvalue weighted by molar-refractivity contribution is 0.0983. The maximum atomic E-state index is 11.2. The molecule has 4 nitrogen and oxygen atoms in total. The van der Waals surface area contributed by atoms with Crippen molar-refractivity contribution in [2.45, 2.75) is 12.8 Å². The molecule has 5 heteroatoms. The van der Waals surface area contributed by atoms with Crippen molar-refractivity contribution in [3.05, 3.63) is 12.7 Å². The first-order valence-corrected chi connectivity index (χ1v) is 7.02. The fourth-order valence-corrected chi connectivity index (χ4v) is 2.60. The minimum absolute atomic E-state index is 0.489. The highest BCUT2D eigenvalue weighted by molar-refractivity contribution is 7.88.